The summed E-state index contributed by atoms with van der Waals surface area (Å²) in [5.74, 6) is 1.89. The number of fused-ring (bicyclic) bond motifs is 2. The van der Waals surface area contributed by atoms with Gasteiger partial charge in [-0.3, -0.25) is 9.69 Å². The molecule has 0 bridgehead atoms. The van der Waals surface area contributed by atoms with Gasteiger partial charge < -0.3 is 9.64 Å². The summed E-state index contributed by atoms with van der Waals surface area (Å²) in [4.78, 5) is 31.0. The second-order valence-corrected chi connectivity index (χ2v) is 8.41. The molecule has 1 aliphatic heterocycles. The summed E-state index contributed by atoms with van der Waals surface area (Å²) in [5.41, 5.74) is 3.15. The van der Waals surface area contributed by atoms with E-state index >= 15 is 0 Å². The van der Waals surface area contributed by atoms with Crippen molar-refractivity contribution in [1.29, 1.82) is 0 Å². The van der Waals surface area contributed by atoms with Gasteiger partial charge in [0.2, 0.25) is 0 Å². The molecule has 0 saturated heterocycles. The third-order valence-electron chi connectivity index (χ3n) is 5.21. The van der Waals surface area contributed by atoms with Gasteiger partial charge in [0.25, 0.3) is 5.91 Å². The average Bonchev–Trinajstić information content (AvgIpc) is 3.27. The number of benzene rings is 2. The molecule has 1 amide bonds. The van der Waals surface area contributed by atoms with Crippen LogP contribution in [0.4, 0.5) is 11.6 Å². The van der Waals surface area contributed by atoms with Gasteiger partial charge in [-0.25, -0.2) is 15.0 Å². The van der Waals surface area contributed by atoms with Crippen molar-refractivity contribution >= 4 is 39.9 Å². The van der Waals surface area contributed by atoms with Crippen LogP contribution in [0.3, 0.4) is 0 Å². The van der Waals surface area contributed by atoms with E-state index in [2.05, 4.69) is 4.98 Å². The number of anilines is 2. The molecule has 8 heteroatoms. The maximum absolute atomic E-state index is 13.3. The first-order chi connectivity index (χ1) is 15.1. The fourth-order valence-electron chi connectivity index (χ4n) is 3.47. The summed E-state index contributed by atoms with van der Waals surface area (Å²) in [6.45, 7) is 3.57. The van der Waals surface area contributed by atoms with Crippen LogP contribution in [0, 0.1) is 6.92 Å². The van der Waals surface area contributed by atoms with Gasteiger partial charge in [0, 0.05) is 25.5 Å². The standard InChI is InChI=1S/C23H21N5O2S/c1-15-7-9-16(10-8-15)30-13-20-24-19(14-31-20)23(29)28-12-11-27(2)21-22(28)26-18-6-4-3-5-17(18)25-21/h3-10,14H,11-13H2,1-2H3. The van der Waals surface area contributed by atoms with E-state index in [9.17, 15) is 4.79 Å². The van der Waals surface area contributed by atoms with Crippen molar-refractivity contribution in [3.8, 4) is 5.75 Å². The molecule has 31 heavy (non-hydrogen) atoms. The van der Waals surface area contributed by atoms with Gasteiger partial charge in [0.05, 0.1) is 11.0 Å². The zero-order valence-electron chi connectivity index (χ0n) is 17.3. The first kappa shape index (κ1) is 19.4. The molecule has 156 valence electrons. The smallest absolute Gasteiger partial charge is 0.279 e. The highest BCUT2D eigenvalue weighted by atomic mass is 32.1. The molecule has 0 atom stereocenters. The van der Waals surface area contributed by atoms with Gasteiger partial charge in [-0.2, -0.15) is 0 Å². The minimum atomic E-state index is -0.170. The Kier molecular flexibility index (Phi) is 4.99. The van der Waals surface area contributed by atoms with Crippen molar-refractivity contribution < 1.29 is 9.53 Å². The third kappa shape index (κ3) is 3.82. The highest BCUT2D eigenvalue weighted by Gasteiger charge is 2.30. The number of hydrogen-bond acceptors (Lipinski definition) is 7. The molecule has 2 aromatic carbocycles. The minimum Gasteiger partial charge on any atom is -0.486 e. The van der Waals surface area contributed by atoms with Gasteiger partial charge in [-0.15, -0.1) is 11.3 Å². The molecule has 0 fully saturated rings. The van der Waals surface area contributed by atoms with E-state index in [-0.39, 0.29) is 5.91 Å². The summed E-state index contributed by atoms with van der Waals surface area (Å²) < 4.78 is 5.80. The van der Waals surface area contributed by atoms with Crippen molar-refractivity contribution in [2.45, 2.75) is 13.5 Å². The van der Waals surface area contributed by atoms with Crippen LogP contribution >= 0.6 is 11.3 Å². The summed E-state index contributed by atoms with van der Waals surface area (Å²) >= 11 is 1.42. The molecule has 0 saturated carbocycles. The number of hydrogen-bond donors (Lipinski definition) is 0. The Bertz CT molecular complexity index is 1250. The molecule has 7 nitrogen and oxygen atoms in total. The quantitative estimate of drug-likeness (QED) is 0.485. The minimum absolute atomic E-state index is 0.170. The fraction of sp³-hybridized carbons (Fsp3) is 0.217. The van der Waals surface area contributed by atoms with Crippen LogP contribution in [0.25, 0.3) is 11.0 Å². The molecular formula is C23H21N5O2S. The normalized spacial score (nSPS) is 13.4. The van der Waals surface area contributed by atoms with Gasteiger partial charge in [-0.1, -0.05) is 29.8 Å². The van der Waals surface area contributed by atoms with Crippen LogP contribution in [-0.2, 0) is 6.61 Å². The Morgan fingerprint density at radius 3 is 2.45 bits per heavy atom. The molecular weight excluding hydrogens is 410 g/mol. The predicted molar refractivity (Wildman–Crippen MR) is 122 cm³/mol. The zero-order chi connectivity index (χ0) is 21.4. The van der Waals surface area contributed by atoms with Gasteiger partial charge in [0.1, 0.15) is 23.1 Å². The monoisotopic (exact) mass is 431 g/mol. The Labute approximate surface area is 184 Å². The highest BCUT2D eigenvalue weighted by Crippen LogP contribution is 2.31. The van der Waals surface area contributed by atoms with Crippen molar-refractivity contribution in [3.63, 3.8) is 0 Å². The molecule has 0 N–H and O–H groups in total. The number of carbonyl (C=O) groups excluding carboxylic acids is 1. The second kappa shape index (κ2) is 7.96. The summed E-state index contributed by atoms with van der Waals surface area (Å²) in [6, 6.07) is 15.6. The van der Waals surface area contributed by atoms with Gasteiger partial charge in [0.15, 0.2) is 11.6 Å². The maximum atomic E-state index is 13.3. The topological polar surface area (TPSA) is 71.5 Å². The number of aromatic nitrogens is 3. The fourth-order valence-corrected chi connectivity index (χ4v) is 4.15. The van der Waals surface area contributed by atoms with E-state index in [0.717, 1.165) is 21.8 Å². The Balaban J connectivity index is 1.38. The summed E-state index contributed by atoms with van der Waals surface area (Å²) in [7, 11) is 1.97. The van der Waals surface area contributed by atoms with Crippen molar-refractivity contribution in [2.24, 2.45) is 0 Å². The molecule has 0 aliphatic carbocycles. The average molecular weight is 432 g/mol. The van der Waals surface area contributed by atoms with E-state index in [1.165, 1.54) is 16.9 Å². The SMILES string of the molecule is Cc1ccc(OCc2nc(C(=O)N3CCN(C)c4nc5ccccc5nc43)cs2)cc1. The number of amides is 1. The summed E-state index contributed by atoms with van der Waals surface area (Å²) in [5, 5.41) is 2.53. The molecule has 0 radical (unpaired) electrons. The van der Waals surface area contributed by atoms with Crippen LogP contribution in [0.15, 0.2) is 53.9 Å². The van der Waals surface area contributed by atoms with E-state index < -0.39 is 0 Å². The van der Waals surface area contributed by atoms with E-state index in [1.807, 2.05) is 67.4 Å². The molecule has 1 aliphatic rings. The van der Waals surface area contributed by atoms with Gasteiger partial charge >= 0.3 is 0 Å². The maximum Gasteiger partial charge on any atom is 0.279 e. The molecule has 2 aromatic heterocycles. The van der Waals surface area contributed by atoms with E-state index in [1.54, 1.807) is 10.3 Å². The highest BCUT2D eigenvalue weighted by molar-refractivity contribution is 7.09. The third-order valence-corrected chi connectivity index (χ3v) is 6.03. The predicted octanol–water partition coefficient (Wildman–Crippen LogP) is 4.07. The number of likely N-dealkylation sites (N-methyl/N-ethyl adjacent to an activating group) is 1. The van der Waals surface area contributed by atoms with Crippen LogP contribution in [-0.4, -0.2) is 41.0 Å². The number of aryl methyl sites for hydroxylation is 1. The Morgan fingerprint density at radius 1 is 1.00 bits per heavy atom. The zero-order valence-corrected chi connectivity index (χ0v) is 18.1. The molecule has 0 unspecified atom stereocenters. The van der Waals surface area contributed by atoms with Crippen molar-refractivity contribution in [3.05, 3.63) is 70.2 Å². The molecule has 0 spiro atoms. The number of ether oxygens (including phenoxy) is 1. The van der Waals surface area contributed by atoms with E-state index in [0.29, 0.717) is 37.0 Å². The lowest BCUT2D eigenvalue weighted by atomic mass is 10.2. The van der Waals surface area contributed by atoms with Crippen LogP contribution < -0.4 is 14.5 Å². The number of thiazole rings is 1. The number of para-hydroxylation sites is 2. The lowest BCUT2D eigenvalue weighted by Crippen LogP contribution is -2.44. The number of carbonyl (C=O) groups is 1. The Morgan fingerprint density at radius 2 is 1.71 bits per heavy atom. The number of nitrogens with zero attached hydrogens (tertiary/aromatic N) is 5. The first-order valence-electron chi connectivity index (χ1n) is 10.0. The van der Waals surface area contributed by atoms with Crippen molar-refractivity contribution in [1.82, 2.24) is 15.0 Å². The first-order valence-corrected chi connectivity index (χ1v) is 10.9. The van der Waals surface area contributed by atoms with Crippen molar-refractivity contribution in [2.75, 3.05) is 29.9 Å². The van der Waals surface area contributed by atoms with Gasteiger partial charge in [-0.05, 0) is 31.2 Å². The second-order valence-electron chi connectivity index (χ2n) is 7.47. The number of rotatable bonds is 4. The lowest BCUT2D eigenvalue weighted by molar-refractivity contribution is 0.0981. The lowest BCUT2D eigenvalue weighted by Gasteiger charge is -2.33. The molecule has 4 aromatic rings. The molecule has 3 heterocycles. The molecule has 5 rings (SSSR count). The largest absolute Gasteiger partial charge is 0.486 e. The van der Waals surface area contributed by atoms with Crippen LogP contribution in [0.2, 0.25) is 0 Å². The van der Waals surface area contributed by atoms with Crippen LogP contribution in [0.5, 0.6) is 5.75 Å². The van der Waals surface area contributed by atoms with Crippen LogP contribution in [0.1, 0.15) is 21.1 Å². The Hall–Kier alpha value is -3.52. The van der Waals surface area contributed by atoms with E-state index in [4.69, 9.17) is 14.7 Å². The summed E-state index contributed by atoms with van der Waals surface area (Å²) in [6.07, 6.45) is 0.